The number of carbonyl (C=O) groups is 1. The molecule has 0 aliphatic rings. The van der Waals surface area contributed by atoms with E-state index in [-0.39, 0.29) is 17.4 Å². The average Bonchev–Trinajstić information content (AvgIpc) is 2.94. The molecule has 1 amide bonds. The van der Waals surface area contributed by atoms with Crippen LogP contribution in [0.25, 0.3) is 5.69 Å². The Labute approximate surface area is 139 Å². The van der Waals surface area contributed by atoms with E-state index in [1.54, 1.807) is 19.1 Å². The van der Waals surface area contributed by atoms with Gasteiger partial charge in [-0.3, -0.25) is 4.79 Å². The lowest BCUT2D eigenvalue weighted by Crippen LogP contribution is -2.15. The number of nitrogens with zero attached hydrogens (tertiary/aromatic N) is 3. The zero-order valence-corrected chi connectivity index (χ0v) is 13.7. The van der Waals surface area contributed by atoms with E-state index in [2.05, 4.69) is 15.6 Å². The van der Waals surface area contributed by atoms with Crippen molar-refractivity contribution in [3.8, 4) is 5.69 Å². The highest BCUT2D eigenvalue weighted by molar-refractivity contribution is 6.04. The van der Waals surface area contributed by atoms with Crippen LogP contribution in [0.2, 0.25) is 0 Å². The van der Waals surface area contributed by atoms with E-state index in [0.717, 1.165) is 16.8 Å². The van der Waals surface area contributed by atoms with Crippen molar-refractivity contribution >= 4 is 11.6 Å². The van der Waals surface area contributed by atoms with Crippen LogP contribution in [0.3, 0.4) is 0 Å². The van der Waals surface area contributed by atoms with Crippen LogP contribution in [-0.2, 0) is 0 Å². The Morgan fingerprint density at radius 3 is 2.50 bits per heavy atom. The number of nitrogens with one attached hydrogen (secondary N) is 1. The summed E-state index contributed by atoms with van der Waals surface area (Å²) in [5.41, 5.74) is 4.32. The summed E-state index contributed by atoms with van der Waals surface area (Å²) in [6.45, 7) is 5.69. The lowest BCUT2D eigenvalue weighted by molar-refractivity contribution is 0.102. The number of carbonyl (C=O) groups excluding carboxylic acids is 1. The molecule has 0 aliphatic carbocycles. The molecular formula is C18H17FN4O. The summed E-state index contributed by atoms with van der Waals surface area (Å²) in [6, 6.07) is 11.6. The minimum Gasteiger partial charge on any atom is -0.320 e. The van der Waals surface area contributed by atoms with Gasteiger partial charge in [-0.15, -0.1) is 5.10 Å². The number of hydrogen-bond donors (Lipinski definition) is 1. The van der Waals surface area contributed by atoms with Crippen molar-refractivity contribution in [2.24, 2.45) is 0 Å². The Morgan fingerprint density at radius 1 is 1.08 bits per heavy atom. The van der Waals surface area contributed by atoms with Crippen molar-refractivity contribution in [3.63, 3.8) is 0 Å². The lowest BCUT2D eigenvalue weighted by Gasteiger charge is -2.09. The van der Waals surface area contributed by atoms with Crippen molar-refractivity contribution < 1.29 is 9.18 Å². The van der Waals surface area contributed by atoms with E-state index in [9.17, 15) is 9.18 Å². The highest BCUT2D eigenvalue weighted by Gasteiger charge is 2.18. The molecule has 24 heavy (non-hydrogen) atoms. The Balaban J connectivity index is 1.89. The molecule has 1 N–H and O–H groups in total. The van der Waals surface area contributed by atoms with Gasteiger partial charge >= 0.3 is 0 Å². The first kappa shape index (κ1) is 15.9. The number of hydrogen-bond acceptors (Lipinski definition) is 3. The fraction of sp³-hybridized carbons (Fsp3) is 0.167. The quantitative estimate of drug-likeness (QED) is 0.801. The molecule has 0 spiro atoms. The van der Waals surface area contributed by atoms with Crippen molar-refractivity contribution in [3.05, 3.63) is 70.8 Å². The number of benzene rings is 2. The number of amides is 1. The van der Waals surface area contributed by atoms with Gasteiger partial charge in [-0.1, -0.05) is 17.3 Å². The second-order valence-corrected chi connectivity index (χ2v) is 5.61. The van der Waals surface area contributed by atoms with Gasteiger partial charge in [0.1, 0.15) is 5.82 Å². The van der Waals surface area contributed by atoms with Crippen LogP contribution < -0.4 is 5.32 Å². The standard InChI is InChI=1S/C18H17FN4O/c1-11-5-4-6-16(12(11)2)20-18(24)17-13(3)23(22-21-17)15-9-7-14(19)8-10-15/h4-10H,1-3H3,(H,20,24). The Bertz CT molecular complexity index is 900. The maximum absolute atomic E-state index is 13.0. The van der Waals surface area contributed by atoms with Crippen LogP contribution in [-0.4, -0.2) is 20.9 Å². The van der Waals surface area contributed by atoms with Crippen molar-refractivity contribution in [1.29, 1.82) is 0 Å². The third kappa shape index (κ3) is 2.90. The van der Waals surface area contributed by atoms with E-state index in [1.165, 1.54) is 16.8 Å². The molecule has 0 atom stereocenters. The molecule has 1 aromatic heterocycles. The van der Waals surface area contributed by atoms with Crippen LogP contribution in [0.1, 0.15) is 27.3 Å². The Hall–Kier alpha value is -3.02. The number of aryl methyl sites for hydroxylation is 1. The zero-order valence-electron chi connectivity index (χ0n) is 13.7. The van der Waals surface area contributed by atoms with Gasteiger partial charge in [0.15, 0.2) is 5.69 Å². The van der Waals surface area contributed by atoms with Crippen LogP contribution in [0.5, 0.6) is 0 Å². The van der Waals surface area contributed by atoms with Gasteiger partial charge in [0.25, 0.3) is 5.91 Å². The fourth-order valence-corrected chi connectivity index (χ4v) is 2.43. The maximum Gasteiger partial charge on any atom is 0.278 e. The molecule has 0 saturated heterocycles. The molecule has 1 heterocycles. The summed E-state index contributed by atoms with van der Waals surface area (Å²) in [5.74, 6) is -0.654. The summed E-state index contributed by atoms with van der Waals surface area (Å²) in [6.07, 6.45) is 0. The number of aromatic nitrogens is 3. The van der Waals surface area contributed by atoms with Gasteiger partial charge in [0.2, 0.25) is 0 Å². The van der Waals surface area contributed by atoms with Gasteiger partial charge in [-0.2, -0.15) is 0 Å². The van der Waals surface area contributed by atoms with E-state index < -0.39 is 0 Å². The van der Waals surface area contributed by atoms with Gasteiger partial charge in [0, 0.05) is 5.69 Å². The molecule has 6 heteroatoms. The Kier molecular flexibility index (Phi) is 4.12. The summed E-state index contributed by atoms with van der Waals surface area (Å²) >= 11 is 0. The van der Waals surface area contributed by atoms with Crippen LogP contribution in [0.15, 0.2) is 42.5 Å². The van der Waals surface area contributed by atoms with E-state index in [1.807, 2.05) is 32.0 Å². The smallest absolute Gasteiger partial charge is 0.278 e. The summed E-state index contributed by atoms with van der Waals surface area (Å²) in [4.78, 5) is 12.5. The first-order valence-electron chi connectivity index (χ1n) is 7.53. The Morgan fingerprint density at radius 2 is 1.79 bits per heavy atom. The molecule has 122 valence electrons. The zero-order chi connectivity index (χ0) is 17.3. The number of halogens is 1. The largest absolute Gasteiger partial charge is 0.320 e. The average molecular weight is 324 g/mol. The predicted octanol–water partition coefficient (Wildman–Crippen LogP) is 3.58. The van der Waals surface area contributed by atoms with Gasteiger partial charge in [0.05, 0.1) is 11.4 Å². The van der Waals surface area contributed by atoms with Crippen molar-refractivity contribution in [2.45, 2.75) is 20.8 Å². The molecule has 0 radical (unpaired) electrons. The minimum absolute atomic E-state index is 0.236. The van der Waals surface area contributed by atoms with E-state index in [4.69, 9.17) is 0 Å². The third-order valence-electron chi connectivity index (χ3n) is 4.03. The van der Waals surface area contributed by atoms with Crippen LogP contribution in [0, 0.1) is 26.6 Å². The first-order valence-corrected chi connectivity index (χ1v) is 7.53. The van der Waals surface area contributed by atoms with Crippen molar-refractivity contribution in [2.75, 3.05) is 5.32 Å². The molecule has 3 aromatic rings. The van der Waals surface area contributed by atoms with E-state index >= 15 is 0 Å². The highest BCUT2D eigenvalue weighted by Crippen LogP contribution is 2.20. The summed E-state index contributed by atoms with van der Waals surface area (Å²) in [7, 11) is 0. The van der Waals surface area contributed by atoms with E-state index in [0.29, 0.717) is 11.4 Å². The van der Waals surface area contributed by atoms with Gasteiger partial charge in [-0.25, -0.2) is 9.07 Å². The topological polar surface area (TPSA) is 59.8 Å². The van der Waals surface area contributed by atoms with Crippen LogP contribution in [0.4, 0.5) is 10.1 Å². The van der Waals surface area contributed by atoms with Gasteiger partial charge < -0.3 is 5.32 Å². The molecule has 0 saturated carbocycles. The third-order valence-corrected chi connectivity index (χ3v) is 4.03. The predicted molar refractivity (Wildman–Crippen MR) is 89.9 cm³/mol. The monoisotopic (exact) mass is 324 g/mol. The first-order chi connectivity index (χ1) is 11.5. The van der Waals surface area contributed by atoms with Crippen LogP contribution >= 0.6 is 0 Å². The highest BCUT2D eigenvalue weighted by atomic mass is 19.1. The van der Waals surface area contributed by atoms with Crippen molar-refractivity contribution in [1.82, 2.24) is 15.0 Å². The molecular weight excluding hydrogens is 307 g/mol. The minimum atomic E-state index is -0.329. The molecule has 0 fully saturated rings. The molecule has 5 nitrogen and oxygen atoms in total. The molecule has 2 aromatic carbocycles. The lowest BCUT2D eigenvalue weighted by atomic mass is 10.1. The number of anilines is 1. The SMILES string of the molecule is Cc1cccc(NC(=O)c2nnn(-c3ccc(F)cc3)c2C)c1C. The second-order valence-electron chi connectivity index (χ2n) is 5.61. The maximum atomic E-state index is 13.0. The molecule has 0 bridgehead atoms. The normalized spacial score (nSPS) is 10.7. The summed E-state index contributed by atoms with van der Waals surface area (Å²) in [5, 5.41) is 10.8. The number of rotatable bonds is 3. The summed E-state index contributed by atoms with van der Waals surface area (Å²) < 4.78 is 14.6. The van der Waals surface area contributed by atoms with Gasteiger partial charge in [-0.05, 0) is 62.2 Å². The molecule has 0 unspecified atom stereocenters. The fourth-order valence-electron chi connectivity index (χ4n) is 2.43. The second kappa shape index (κ2) is 6.23. The molecule has 0 aliphatic heterocycles. The molecule has 3 rings (SSSR count).